The molecule has 0 rings (SSSR count). The van der Waals surface area contributed by atoms with E-state index in [1.54, 1.807) is 6.92 Å². The first-order valence-corrected chi connectivity index (χ1v) is 3.78. The minimum absolute atomic E-state index is 0.0629. The maximum Gasteiger partial charge on any atom is 0.406 e. The Morgan fingerprint density at radius 1 is 1.54 bits per heavy atom. The molecule has 0 aromatic carbocycles. The van der Waals surface area contributed by atoms with Gasteiger partial charge < -0.3 is 10.6 Å². The van der Waals surface area contributed by atoms with Gasteiger partial charge in [-0.15, -0.1) is 0 Å². The molecule has 0 aliphatic heterocycles. The Balaban J connectivity index is 3.97. The minimum atomic E-state index is -4.34. The third-order valence-corrected chi connectivity index (χ3v) is 1.34. The first-order chi connectivity index (χ1) is 5.72. The van der Waals surface area contributed by atoms with Crippen LogP contribution >= 0.6 is 0 Å². The van der Waals surface area contributed by atoms with Crippen LogP contribution in [-0.4, -0.2) is 36.6 Å². The van der Waals surface area contributed by atoms with Crippen LogP contribution in [0.3, 0.4) is 0 Å². The molecule has 0 saturated carbocycles. The molecule has 13 heavy (non-hydrogen) atoms. The van der Waals surface area contributed by atoms with E-state index >= 15 is 0 Å². The molecule has 0 radical (unpaired) electrons. The van der Waals surface area contributed by atoms with Crippen molar-refractivity contribution < 1.29 is 18.0 Å². The van der Waals surface area contributed by atoms with E-state index in [-0.39, 0.29) is 6.42 Å². The Kier molecular flexibility index (Phi) is 4.19. The predicted molar refractivity (Wildman–Crippen MR) is 42.0 cm³/mol. The molecule has 0 fully saturated rings. The molecule has 1 atom stereocenters. The first-order valence-electron chi connectivity index (χ1n) is 3.78. The molecule has 0 heterocycles. The van der Waals surface area contributed by atoms with E-state index in [1.165, 1.54) is 0 Å². The van der Waals surface area contributed by atoms with Gasteiger partial charge in [-0.05, 0) is 6.92 Å². The Labute approximate surface area is 74.7 Å². The predicted octanol–water partition coefficient (Wildman–Crippen LogP) is 0.744. The zero-order valence-corrected chi connectivity index (χ0v) is 7.56. The maximum atomic E-state index is 11.8. The number of rotatable bonds is 3. The van der Waals surface area contributed by atoms with E-state index in [9.17, 15) is 18.0 Å². The SMILES string of the molecule is CC(N)CC(=O)N(C)CC(F)(F)F. The molecule has 78 valence electrons. The van der Waals surface area contributed by atoms with Gasteiger partial charge in [0, 0.05) is 19.5 Å². The maximum absolute atomic E-state index is 11.8. The Morgan fingerprint density at radius 2 is 2.00 bits per heavy atom. The summed E-state index contributed by atoms with van der Waals surface area (Å²) in [7, 11) is 1.11. The van der Waals surface area contributed by atoms with Crippen LogP contribution in [0, 0.1) is 0 Å². The number of carbonyl (C=O) groups is 1. The summed E-state index contributed by atoms with van der Waals surface area (Å²) in [6, 6.07) is -0.414. The number of hydrogen-bond donors (Lipinski definition) is 1. The molecule has 0 aliphatic rings. The number of nitrogens with zero attached hydrogens (tertiary/aromatic N) is 1. The van der Waals surface area contributed by atoms with Crippen molar-refractivity contribution in [1.82, 2.24) is 4.90 Å². The molecule has 3 nitrogen and oxygen atoms in total. The van der Waals surface area contributed by atoms with Gasteiger partial charge >= 0.3 is 6.18 Å². The van der Waals surface area contributed by atoms with E-state index in [0.717, 1.165) is 7.05 Å². The molecule has 0 aromatic rings. The van der Waals surface area contributed by atoms with Crippen molar-refractivity contribution in [3.63, 3.8) is 0 Å². The molecule has 0 aromatic heterocycles. The summed E-state index contributed by atoms with van der Waals surface area (Å²) in [6.07, 6.45) is -4.41. The highest BCUT2D eigenvalue weighted by Crippen LogP contribution is 2.15. The lowest BCUT2D eigenvalue weighted by Crippen LogP contribution is -2.38. The number of carbonyl (C=O) groups excluding carboxylic acids is 1. The van der Waals surface area contributed by atoms with Gasteiger partial charge in [0.25, 0.3) is 0 Å². The van der Waals surface area contributed by atoms with Gasteiger partial charge in [-0.2, -0.15) is 13.2 Å². The summed E-state index contributed by atoms with van der Waals surface area (Å²) >= 11 is 0. The van der Waals surface area contributed by atoms with Crippen LogP contribution in [0.1, 0.15) is 13.3 Å². The fraction of sp³-hybridized carbons (Fsp3) is 0.857. The van der Waals surface area contributed by atoms with E-state index in [0.29, 0.717) is 4.90 Å². The highest BCUT2D eigenvalue weighted by Gasteiger charge is 2.31. The van der Waals surface area contributed by atoms with Gasteiger partial charge in [0.1, 0.15) is 6.54 Å². The van der Waals surface area contributed by atoms with Crippen LogP contribution in [0.4, 0.5) is 13.2 Å². The quantitative estimate of drug-likeness (QED) is 0.727. The van der Waals surface area contributed by atoms with Gasteiger partial charge in [0.2, 0.25) is 5.91 Å². The van der Waals surface area contributed by atoms with E-state index < -0.39 is 24.7 Å². The Morgan fingerprint density at radius 3 is 2.31 bits per heavy atom. The fourth-order valence-electron chi connectivity index (χ4n) is 0.788. The van der Waals surface area contributed by atoms with Gasteiger partial charge in [0.15, 0.2) is 0 Å². The molecular formula is C7H13F3N2O. The number of halogens is 3. The summed E-state index contributed by atoms with van der Waals surface area (Å²) in [6.45, 7) is 0.345. The van der Waals surface area contributed by atoms with Crippen molar-refractivity contribution in [2.75, 3.05) is 13.6 Å². The minimum Gasteiger partial charge on any atom is -0.337 e. The van der Waals surface area contributed by atoms with E-state index in [2.05, 4.69) is 0 Å². The fourth-order valence-corrected chi connectivity index (χ4v) is 0.788. The Bertz CT molecular complexity index is 179. The third kappa shape index (κ3) is 6.39. The van der Waals surface area contributed by atoms with Crippen LogP contribution < -0.4 is 5.73 Å². The van der Waals surface area contributed by atoms with Gasteiger partial charge in [-0.3, -0.25) is 4.79 Å². The van der Waals surface area contributed by atoms with Crippen molar-refractivity contribution in [3.8, 4) is 0 Å². The summed E-state index contributed by atoms with van der Waals surface area (Å²) in [5.74, 6) is -0.590. The normalized spacial score (nSPS) is 14.0. The average Bonchev–Trinajstić information content (AvgIpc) is 1.81. The summed E-state index contributed by atoms with van der Waals surface area (Å²) in [5.41, 5.74) is 5.27. The molecule has 0 aliphatic carbocycles. The molecule has 0 bridgehead atoms. The van der Waals surface area contributed by atoms with Crippen molar-refractivity contribution in [1.29, 1.82) is 0 Å². The largest absolute Gasteiger partial charge is 0.406 e. The molecule has 1 unspecified atom stereocenters. The number of amides is 1. The standard InChI is InChI=1S/C7H13F3N2O/c1-5(11)3-6(13)12(2)4-7(8,9)10/h5H,3-4,11H2,1-2H3. The van der Waals surface area contributed by atoms with Crippen LogP contribution in [0.25, 0.3) is 0 Å². The van der Waals surface area contributed by atoms with Crippen molar-refractivity contribution in [3.05, 3.63) is 0 Å². The molecular weight excluding hydrogens is 185 g/mol. The second-order valence-corrected chi connectivity index (χ2v) is 3.05. The summed E-state index contributed by atoms with van der Waals surface area (Å²) in [4.78, 5) is 11.6. The van der Waals surface area contributed by atoms with Crippen LogP contribution in [0.5, 0.6) is 0 Å². The lowest BCUT2D eigenvalue weighted by atomic mass is 10.2. The highest BCUT2D eigenvalue weighted by atomic mass is 19.4. The molecule has 0 spiro atoms. The lowest BCUT2D eigenvalue weighted by Gasteiger charge is -2.19. The van der Waals surface area contributed by atoms with Crippen LogP contribution in [0.15, 0.2) is 0 Å². The summed E-state index contributed by atoms with van der Waals surface area (Å²) < 4.78 is 35.3. The molecule has 0 saturated heterocycles. The molecule has 1 amide bonds. The van der Waals surface area contributed by atoms with Crippen LogP contribution in [-0.2, 0) is 4.79 Å². The molecule has 6 heteroatoms. The molecule has 2 N–H and O–H groups in total. The van der Waals surface area contributed by atoms with E-state index in [1.807, 2.05) is 0 Å². The lowest BCUT2D eigenvalue weighted by molar-refractivity contribution is -0.158. The topological polar surface area (TPSA) is 46.3 Å². The smallest absolute Gasteiger partial charge is 0.337 e. The van der Waals surface area contributed by atoms with Crippen molar-refractivity contribution in [2.24, 2.45) is 5.73 Å². The monoisotopic (exact) mass is 198 g/mol. The zero-order chi connectivity index (χ0) is 10.6. The average molecular weight is 198 g/mol. The van der Waals surface area contributed by atoms with Crippen LogP contribution in [0.2, 0.25) is 0 Å². The number of hydrogen-bond acceptors (Lipinski definition) is 2. The van der Waals surface area contributed by atoms with Gasteiger partial charge in [-0.25, -0.2) is 0 Å². The van der Waals surface area contributed by atoms with Gasteiger partial charge in [-0.1, -0.05) is 0 Å². The van der Waals surface area contributed by atoms with Crippen molar-refractivity contribution >= 4 is 5.91 Å². The number of nitrogens with two attached hydrogens (primary N) is 1. The first kappa shape index (κ1) is 12.2. The summed E-state index contributed by atoms with van der Waals surface area (Å²) in [5, 5.41) is 0. The van der Waals surface area contributed by atoms with E-state index in [4.69, 9.17) is 5.73 Å². The van der Waals surface area contributed by atoms with Crippen molar-refractivity contribution in [2.45, 2.75) is 25.6 Å². The second-order valence-electron chi connectivity index (χ2n) is 3.05. The Hall–Kier alpha value is -0.780. The highest BCUT2D eigenvalue weighted by molar-refractivity contribution is 5.76. The second kappa shape index (κ2) is 4.45. The third-order valence-electron chi connectivity index (χ3n) is 1.34. The zero-order valence-electron chi connectivity index (χ0n) is 7.56. The number of alkyl halides is 3. The van der Waals surface area contributed by atoms with Gasteiger partial charge in [0.05, 0.1) is 0 Å².